The molecule has 9 heteroatoms. The van der Waals surface area contributed by atoms with E-state index in [1.165, 1.54) is 16.7 Å². The fourth-order valence-electron chi connectivity index (χ4n) is 5.91. The Morgan fingerprint density at radius 2 is 0.704 bits per heavy atom. The SMILES string of the molecule is CCCc1coc(C=Nc2ccc(-c3nc(-c4ccc(N=Cc5cc(CCC)co5)cc4)nc(-c4ccc(N=Cc5cc(CCC)co5)cc4)n3)cc2)c1. The van der Waals surface area contributed by atoms with E-state index in [0.29, 0.717) is 17.5 Å². The fraction of sp³-hybridized carbons (Fsp3) is 0.200. The molecular weight excluding hydrogens is 673 g/mol. The lowest BCUT2D eigenvalue weighted by Gasteiger charge is -2.09. The van der Waals surface area contributed by atoms with E-state index < -0.39 is 0 Å². The third kappa shape index (κ3) is 9.30. The maximum Gasteiger partial charge on any atom is 0.164 e. The summed E-state index contributed by atoms with van der Waals surface area (Å²) < 4.78 is 16.9. The average molecular weight is 715 g/mol. The highest BCUT2D eigenvalue weighted by Crippen LogP contribution is 2.28. The molecule has 0 amide bonds. The maximum absolute atomic E-state index is 5.64. The smallest absolute Gasteiger partial charge is 0.164 e. The Morgan fingerprint density at radius 3 is 0.963 bits per heavy atom. The Balaban J connectivity index is 1.15. The van der Waals surface area contributed by atoms with Crippen LogP contribution >= 0.6 is 0 Å². The van der Waals surface area contributed by atoms with E-state index in [9.17, 15) is 0 Å². The van der Waals surface area contributed by atoms with Crippen molar-refractivity contribution in [2.75, 3.05) is 0 Å². The van der Waals surface area contributed by atoms with Gasteiger partial charge in [-0.15, -0.1) is 0 Å². The first kappa shape index (κ1) is 35.9. The maximum atomic E-state index is 5.64. The van der Waals surface area contributed by atoms with Crippen LogP contribution in [0.15, 0.2) is 138 Å². The van der Waals surface area contributed by atoms with Gasteiger partial charge in [0.2, 0.25) is 0 Å². The van der Waals surface area contributed by atoms with Crippen molar-refractivity contribution in [3.63, 3.8) is 0 Å². The number of furan rings is 3. The summed E-state index contributed by atoms with van der Waals surface area (Å²) in [5, 5.41) is 0. The van der Waals surface area contributed by atoms with E-state index in [0.717, 1.165) is 89.6 Å². The zero-order valence-electron chi connectivity index (χ0n) is 30.8. The number of hydrogen-bond acceptors (Lipinski definition) is 9. The number of rotatable bonds is 15. The van der Waals surface area contributed by atoms with Gasteiger partial charge < -0.3 is 13.3 Å². The minimum atomic E-state index is 0.548. The molecule has 0 unspecified atom stereocenters. The summed E-state index contributed by atoms with van der Waals surface area (Å²) in [7, 11) is 0. The van der Waals surface area contributed by atoms with E-state index in [1.54, 1.807) is 37.4 Å². The molecular formula is C45H42N6O3. The zero-order valence-corrected chi connectivity index (χ0v) is 30.8. The molecule has 270 valence electrons. The van der Waals surface area contributed by atoms with Crippen LogP contribution in [0.1, 0.15) is 74.0 Å². The van der Waals surface area contributed by atoms with Gasteiger partial charge in [0.1, 0.15) is 17.3 Å². The van der Waals surface area contributed by atoms with Gasteiger partial charge >= 0.3 is 0 Å². The molecule has 7 rings (SSSR count). The van der Waals surface area contributed by atoms with Gasteiger partial charge in [-0.25, -0.2) is 15.0 Å². The second-order valence-corrected chi connectivity index (χ2v) is 13.0. The van der Waals surface area contributed by atoms with Crippen molar-refractivity contribution in [3.05, 3.63) is 144 Å². The van der Waals surface area contributed by atoms with Crippen molar-refractivity contribution < 1.29 is 13.3 Å². The molecule has 4 heterocycles. The highest BCUT2D eigenvalue weighted by Gasteiger charge is 2.13. The molecule has 0 fully saturated rings. The largest absolute Gasteiger partial charge is 0.463 e. The first-order valence-electron chi connectivity index (χ1n) is 18.5. The number of aliphatic imine (C=N–C) groups is 3. The van der Waals surface area contributed by atoms with Crippen molar-refractivity contribution in [2.24, 2.45) is 15.0 Å². The number of aromatic nitrogens is 3. The van der Waals surface area contributed by atoms with Gasteiger partial charge in [0, 0.05) is 16.7 Å². The number of hydrogen-bond donors (Lipinski definition) is 0. The van der Waals surface area contributed by atoms with Gasteiger partial charge in [0.15, 0.2) is 17.5 Å². The molecule has 0 atom stereocenters. The minimum absolute atomic E-state index is 0.548. The quantitative estimate of drug-likeness (QED) is 0.0976. The first-order chi connectivity index (χ1) is 26.5. The summed E-state index contributed by atoms with van der Waals surface area (Å²) >= 11 is 0. The molecule has 3 aromatic carbocycles. The Morgan fingerprint density at radius 1 is 0.426 bits per heavy atom. The van der Waals surface area contributed by atoms with Gasteiger partial charge in [0.25, 0.3) is 0 Å². The Labute approximate surface area is 315 Å². The van der Waals surface area contributed by atoms with Crippen LogP contribution in [0.3, 0.4) is 0 Å². The van der Waals surface area contributed by atoms with Crippen molar-refractivity contribution in [2.45, 2.75) is 59.3 Å². The van der Waals surface area contributed by atoms with Crippen LogP contribution in [0.5, 0.6) is 0 Å². The molecule has 0 N–H and O–H groups in total. The molecule has 0 aliphatic carbocycles. The van der Waals surface area contributed by atoms with Gasteiger partial charge in [-0.3, -0.25) is 15.0 Å². The molecule has 7 aromatic rings. The van der Waals surface area contributed by atoms with E-state index in [2.05, 4.69) is 35.7 Å². The second kappa shape index (κ2) is 17.4. The van der Waals surface area contributed by atoms with E-state index in [4.69, 9.17) is 28.2 Å². The lowest BCUT2D eigenvalue weighted by atomic mass is 10.1. The molecule has 9 nitrogen and oxygen atoms in total. The van der Waals surface area contributed by atoms with Crippen LogP contribution in [-0.2, 0) is 19.3 Å². The first-order valence-corrected chi connectivity index (χ1v) is 18.5. The van der Waals surface area contributed by atoms with Gasteiger partial charge in [-0.2, -0.15) is 0 Å². The van der Waals surface area contributed by atoms with Crippen LogP contribution in [0.2, 0.25) is 0 Å². The van der Waals surface area contributed by atoms with Gasteiger partial charge in [-0.05, 0) is 127 Å². The second-order valence-electron chi connectivity index (χ2n) is 13.0. The predicted octanol–water partition coefficient (Wildman–Crippen LogP) is 11.8. The monoisotopic (exact) mass is 714 g/mol. The number of aryl methyl sites for hydroxylation is 3. The highest BCUT2D eigenvalue weighted by molar-refractivity contribution is 5.81. The van der Waals surface area contributed by atoms with Crippen molar-refractivity contribution in [3.8, 4) is 34.2 Å². The highest BCUT2D eigenvalue weighted by atomic mass is 16.3. The molecule has 0 aliphatic heterocycles. The fourth-order valence-corrected chi connectivity index (χ4v) is 5.91. The average Bonchev–Trinajstić information content (AvgIpc) is 3.98. The molecule has 0 spiro atoms. The third-order valence-electron chi connectivity index (χ3n) is 8.67. The van der Waals surface area contributed by atoms with Crippen molar-refractivity contribution in [1.82, 2.24) is 15.0 Å². The third-order valence-corrected chi connectivity index (χ3v) is 8.67. The standard InChI is InChI=1S/C45H42N6O3/c1-4-7-31-22-40(52-28-31)25-46-37-16-10-34(11-17-37)43-49-44(35-12-18-38(19-13-35)47-26-41-23-32(8-5-2)29-53-41)51-45(50-43)36-14-20-39(21-15-36)48-27-42-24-33(9-6-3)30-54-42/h10-30H,4-9H2,1-3H3. The van der Waals surface area contributed by atoms with E-state index in [-0.39, 0.29) is 0 Å². The summed E-state index contributed by atoms with van der Waals surface area (Å²) in [5.74, 6) is 3.83. The van der Waals surface area contributed by atoms with Crippen LogP contribution in [0.25, 0.3) is 34.2 Å². The van der Waals surface area contributed by atoms with E-state index in [1.807, 2.05) is 91.0 Å². The van der Waals surface area contributed by atoms with Crippen LogP contribution in [0, 0.1) is 0 Å². The number of benzene rings is 3. The predicted molar refractivity (Wildman–Crippen MR) is 216 cm³/mol. The van der Waals surface area contributed by atoms with Gasteiger partial charge in [0.05, 0.1) is 54.5 Å². The molecule has 0 saturated carbocycles. The summed E-state index contributed by atoms with van der Waals surface area (Å²) in [6, 6.07) is 29.6. The summed E-state index contributed by atoms with van der Waals surface area (Å²) in [6.07, 6.45) is 16.7. The zero-order chi connectivity index (χ0) is 37.1. The normalized spacial score (nSPS) is 11.8. The Kier molecular flexibility index (Phi) is 11.5. The van der Waals surface area contributed by atoms with Gasteiger partial charge in [-0.1, -0.05) is 40.0 Å². The van der Waals surface area contributed by atoms with Crippen LogP contribution in [0.4, 0.5) is 17.1 Å². The van der Waals surface area contributed by atoms with Crippen LogP contribution in [-0.4, -0.2) is 33.6 Å². The molecule has 0 aliphatic rings. The molecule has 4 aromatic heterocycles. The molecule has 0 saturated heterocycles. The molecule has 0 bridgehead atoms. The minimum Gasteiger partial charge on any atom is -0.463 e. The van der Waals surface area contributed by atoms with Crippen molar-refractivity contribution in [1.29, 1.82) is 0 Å². The van der Waals surface area contributed by atoms with E-state index >= 15 is 0 Å². The lowest BCUT2D eigenvalue weighted by molar-refractivity contribution is 0.556. The Bertz CT molecular complexity index is 2080. The van der Waals surface area contributed by atoms with Crippen molar-refractivity contribution >= 4 is 35.7 Å². The summed E-state index contributed by atoms with van der Waals surface area (Å²) in [6.45, 7) is 6.45. The molecule has 54 heavy (non-hydrogen) atoms. The Hall–Kier alpha value is -6.48. The topological polar surface area (TPSA) is 115 Å². The van der Waals surface area contributed by atoms with Crippen LogP contribution < -0.4 is 0 Å². The molecule has 0 radical (unpaired) electrons. The number of nitrogens with zero attached hydrogens (tertiary/aromatic N) is 6. The summed E-state index contributed by atoms with van der Waals surface area (Å²) in [4.78, 5) is 28.6. The summed E-state index contributed by atoms with van der Waals surface area (Å²) in [5.41, 5.74) is 8.41. The lowest BCUT2D eigenvalue weighted by Crippen LogP contribution is -2.00.